The summed E-state index contributed by atoms with van der Waals surface area (Å²) in [5.74, 6) is 0.912. The van der Waals surface area contributed by atoms with Crippen molar-refractivity contribution in [2.45, 2.75) is 25.9 Å². The molecule has 1 fully saturated rings. The normalized spacial score (nSPS) is 20.9. The minimum atomic E-state index is 0.525. The molecular weight excluding hydrogens is 294 g/mol. The molecule has 18 heavy (non-hydrogen) atoms. The predicted molar refractivity (Wildman–Crippen MR) is 76.0 cm³/mol. The van der Waals surface area contributed by atoms with E-state index in [4.69, 9.17) is 9.47 Å². The Labute approximate surface area is 117 Å². The van der Waals surface area contributed by atoms with Gasteiger partial charge in [0, 0.05) is 23.6 Å². The van der Waals surface area contributed by atoms with Crippen molar-refractivity contribution in [1.82, 2.24) is 4.90 Å². The molecule has 2 rings (SSSR count). The van der Waals surface area contributed by atoms with Gasteiger partial charge in [0.15, 0.2) is 0 Å². The van der Waals surface area contributed by atoms with Crippen LogP contribution in [0.25, 0.3) is 0 Å². The van der Waals surface area contributed by atoms with Crippen LogP contribution in [0.2, 0.25) is 0 Å². The molecule has 0 aromatic heterocycles. The minimum absolute atomic E-state index is 0.525. The van der Waals surface area contributed by atoms with Crippen molar-refractivity contribution < 1.29 is 9.47 Å². The van der Waals surface area contributed by atoms with Gasteiger partial charge >= 0.3 is 0 Å². The average molecular weight is 314 g/mol. The maximum atomic E-state index is 5.54. The summed E-state index contributed by atoms with van der Waals surface area (Å²) in [4.78, 5) is 2.49. The smallest absolute Gasteiger partial charge is 0.119 e. The fourth-order valence-corrected chi connectivity index (χ4v) is 2.66. The molecule has 1 aliphatic rings. The van der Waals surface area contributed by atoms with Crippen LogP contribution < -0.4 is 4.74 Å². The summed E-state index contributed by atoms with van der Waals surface area (Å²) < 4.78 is 12.0. The van der Waals surface area contributed by atoms with Gasteiger partial charge in [0.2, 0.25) is 0 Å². The Balaban J connectivity index is 2.11. The summed E-state index contributed by atoms with van der Waals surface area (Å²) in [5.41, 5.74) is 1.27. The number of benzene rings is 1. The van der Waals surface area contributed by atoms with Crippen molar-refractivity contribution in [2.24, 2.45) is 0 Å². The van der Waals surface area contributed by atoms with Gasteiger partial charge in [0.1, 0.15) is 5.75 Å². The van der Waals surface area contributed by atoms with E-state index < -0.39 is 0 Å². The van der Waals surface area contributed by atoms with Crippen LogP contribution in [0.5, 0.6) is 5.75 Å². The van der Waals surface area contributed by atoms with Crippen LogP contribution in [0.4, 0.5) is 0 Å². The first-order valence-electron chi connectivity index (χ1n) is 6.38. The lowest BCUT2D eigenvalue weighted by Crippen LogP contribution is -2.44. The first-order chi connectivity index (χ1) is 8.74. The number of rotatable bonds is 4. The van der Waals surface area contributed by atoms with Crippen molar-refractivity contribution in [1.29, 1.82) is 0 Å². The van der Waals surface area contributed by atoms with Crippen molar-refractivity contribution in [3.05, 3.63) is 28.2 Å². The van der Waals surface area contributed by atoms with Crippen LogP contribution in [0.15, 0.2) is 22.7 Å². The second-order valence-electron chi connectivity index (χ2n) is 4.56. The molecule has 1 unspecified atom stereocenters. The van der Waals surface area contributed by atoms with E-state index in [1.807, 2.05) is 6.07 Å². The molecule has 1 atom stereocenters. The van der Waals surface area contributed by atoms with Crippen molar-refractivity contribution >= 4 is 15.9 Å². The van der Waals surface area contributed by atoms with Crippen LogP contribution in [0, 0.1) is 0 Å². The first kappa shape index (κ1) is 13.8. The molecular formula is C14H20BrNO2. The van der Waals surface area contributed by atoms with E-state index in [1.54, 1.807) is 7.11 Å². The zero-order valence-corrected chi connectivity index (χ0v) is 12.6. The van der Waals surface area contributed by atoms with E-state index in [9.17, 15) is 0 Å². The Morgan fingerprint density at radius 3 is 3.06 bits per heavy atom. The zero-order chi connectivity index (χ0) is 13.0. The van der Waals surface area contributed by atoms with Gasteiger partial charge in [0.25, 0.3) is 0 Å². The number of methoxy groups -OCH3 is 1. The van der Waals surface area contributed by atoms with Crippen LogP contribution in [-0.2, 0) is 11.3 Å². The van der Waals surface area contributed by atoms with Gasteiger partial charge in [-0.15, -0.1) is 0 Å². The molecule has 100 valence electrons. The van der Waals surface area contributed by atoms with Crippen molar-refractivity contribution in [3.8, 4) is 5.75 Å². The fourth-order valence-electron chi connectivity index (χ4n) is 2.29. The largest absolute Gasteiger partial charge is 0.497 e. The topological polar surface area (TPSA) is 21.7 Å². The Morgan fingerprint density at radius 2 is 2.33 bits per heavy atom. The number of hydrogen-bond acceptors (Lipinski definition) is 3. The zero-order valence-electron chi connectivity index (χ0n) is 11.0. The van der Waals surface area contributed by atoms with E-state index in [-0.39, 0.29) is 0 Å². The van der Waals surface area contributed by atoms with E-state index in [0.717, 1.165) is 42.9 Å². The molecule has 1 aliphatic heterocycles. The molecule has 3 nitrogen and oxygen atoms in total. The quantitative estimate of drug-likeness (QED) is 0.852. The number of ether oxygens (including phenoxy) is 2. The molecule has 1 aromatic rings. The molecule has 0 bridgehead atoms. The van der Waals surface area contributed by atoms with Crippen molar-refractivity contribution in [2.75, 3.05) is 26.9 Å². The third kappa shape index (κ3) is 3.25. The number of nitrogens with zero attached hydrogens (tertiary/aromatic N) is 1. The lowest BCUT2D eigenvalue weighted by Gasteiger charge is -2.35. The highest BCUT2D eigenvalue weighted by atomic mass is 79.9. The Bertz CT molecular complexity index is 397. The Kier molecular flexibility index (Phi) is 5.03. The third-order valence-electron chi connectivity index (χ3n) is 3.45. The summed E-state index contributed by atoms with van der Waals surface area (Å²) in [5, 5.41) is 0. The van der Waals surface area contributed by atoms with Crippen LogP contribution in [-0.4, -0.2) is 37.8 Å². The van der Waals surface area contributed by atoms with Gasteiger partial charge in [-0.2, -0.15) is 0 Å². The highest BCUT2D eigenvalue weighted by Crippen LogP contribution is 2.25. The summed E-state index contributed by atoms with van der Waals surface area (Å²) in [6.45, 7) is 5.84. The maximum Gasteiger partial charge on any atom is 0.119 e. The molecule has 1 saturated heterocycles. The van der Waals surface area contributed by atoms with Gasteiger partial charge in [0.05, 0.1) is 20.3 Å². The number of hydrogen-bond donors (Lipinski definition) is 0. The van der Waals surface area contributed by atoms with Crippen LogP contribution >= 0.6 is 15.9 Å². The number of morpholine rings is 1. The van der Waals surface area contributed by atoms with E-state index in [2.05, 4.69) is 39.9 Å². The average Bonchev–Trinajstić information content (AvgIpc) is 2.42. The second kappa shape index (κ2) is 6.55. The molecule has 4 heteroatoms. The highest BCUT2D eigenvalue weighted by molar-refractivity contribution is 9.10. The van der Waals surface area contributed by atoms with Crippen molar-refractivity contribution in [3.63, 3.8) is 0 Å². The third-order valence-corrected chi connectivity index (χ3v) is 4.22. The van der Waals surface area contributed by atoms with Gasteiger partial charge in [-0.05, 0) is 30.2 Å². The molecule has 1 aromatic carbocycles. The van der Waals surface area contributed by atoms with E-state index in [1.165, 1.54) is 5.56 Å². The lowest BCUT2D eigenvalue weighted by atomic mass is 10.1. The Morgan fingerprint density at radius 1 is 1.50 bits per heavy atom. The molecule has 0 N–H and O–H groups in total. The van der Waals surface area contributed by atoms with E-state index >= 15 is 0 Å². The first-order valence-corrected chi connectivity index (χ1v) is 7.18. The fraction of sp³-hybridized carbons (Fsp3) is 0.571. The summed E-state index contributed by atoms with van der Waals surface area (Å²) in [6.07, 6.45) is 1.13. The summed E-state index contributed by atoms with van der Waals surface area (Å²) in [6, 6.07) is 6.66. The van der Waals surface area contributed by atoms with Crippen LogP contribution in [0.3, 0.4) is 0 Å². The predicted octanol–water partition coefficient (Wildman–Crippen LogP) is 3.07. The summed E-state index contributed by atoms with van der Waals surface area (Å²) in [7, 11) is 1.70. The molecule has 1 heterocycles. The van der Waals surface area contributed by atoms with E-state index in [0.29, 0.717) is 6.04 Å². The molecule has 0 amide bonds. The number of halogens is 1. The maximum absolute atomic E-state index is 5.54. The minimum Gasteiger partial charge on any atom is -0.497 e. The van der Waals surface area contributed by atoms with Gasteiger partial charge in [-0.1, -0.05) is 22.9 Å². The van der Waals surface area contributed by atoms with Gasteiger partial charge in [-0.3, -0.25) is 4.90 Å². The summed E-state index contributed by atoms with van der Waals surface area (Å²) >= 11 is 3.61. The highest BCUT2D eigenvalue weighted by Gasteiger charge is 2.22. The lowest BCUT2D eigenvalue weighted by molar-refractivity contribution is -0.0128. The monoisotopic (exact) mass is 313 g/mol. The molecule has 0 radical (unpaired) electrons. The van der Waals surface area contributed by atoms with Gasteiger partial charge in [-0.25, -0.2) is 0 Å². The Hall–Kier alpha value is -0.580. The van der Waals surface area contributed by atoms with Gasteiger partial charge < -0.3 is 9.47 Å². The second-order valence-corrected chi connectivity index (χ2v) is 5.42. The molecule has 0 spiro atoms. The molecule has 0 aliphatic carbocycles. The SMILES string of the molecule is CCC1COCCN1Cc1cc(OC)ccc1Br. The van der Waals surface area contributed by atoms with Crippen LogP contribution in [0.1, 0.15) is 18.9 Å². The molecule has 0 saturated carbocycles. The standard InChI is InChI=1S/C14H20BrNO2/c1-3-12-10-18-7-6-16(12)9-11-8-13(17-2)4-5-14(11)15/h4-5,8,12H,3,6-7,9-10H2,1-2H3.